The van der Waals surface area contributed by atoms with Crippen molar-refractivity contribution in [2.24, 2.45) is 5.92 Å². The Hall–Kier alpha value is -2.09. The van der Waals surface area contributed by atoms with Crippen LogP contribution in [0.15, 0.2) is 48.5 Å². The van der Waals surface area contributed by atoms with Crippen molar-refractivity contribution in [2.45, 2.75) is 25.5 Å². The van der Waals surface area contributed by atoms with Gasteiger partial charge in [-0.15, -0.1) is 0 Å². The van der Waals surface area contributed by atoms with E-state index in [0.29, 0.717) is 30.2 Å². The lowest BCUT2D eigenvalue weighted by Gasteiger charge is -2.17. The van der Waals surface area contributed by atoms with Gasteiger partial charge < -0.3 is 14.4 Å². The fraction of sp³-hybridized carbons (Fsp3) is 0.381. The number of para-hydroxylation sites is 2. The first-order chi connectivity index (χ1) is 13.9. The Morgan fingerprint density at radius 1 is 1.21 bits per heavy atom. The normalized spacial score (nSPS) is 19.4. The molecule has 8 heteroatoms. The van der Waals surface area contributed by atoms with Gasteiger partial charge in [-0.1, -0.05) is 23.7 Å². The minimum Gasteiger partial charge on any atom is -0.491 e. The number of hydrogen-bond donors (Lipinski definition) is 1. The summed E-state index contributed by atoms with van der Waals surface area (Å²) in [5.41, 5.74) is 1.77. The standard InChI is InChI=1S/C21H23ClN2O4S/c22-16-5-7-18(8-6-16)28-13-17(25)12-24-20-4-2-1-3-19(20)23-21(24)11-15-9-10-29(26,27)14-15/h1-8,15,17,25H,9-14H2. The number of aromatic nitrogens is 2. The van der Waals surface area contributed by atoms with Crippen molar-refractivity contribution in [1.82, 2.24) is 9.55 Å². The van der Waals surface area contributed by atoms with Gasteiger partial charge in [-0.2, -0.15) is 0 Å². The summed E-state index contributed by atoms with van der Waals surface area (Å²) in [5, 5.41) is 11.2. The van der Waals surface area contributed by atoms with Gasteiger partial charge in [0.1, 0.15) is 24.3 Å². The number of aliphatic hydroxyl groups is 1. The molecule has 1 aliphatic rings. The Balaban J connectivity index is 1.49. The van der Waals surface area contributed by atoms with Crippen LogP contribution in [-0.2, 0) is 22.8 Å². The maximum atomic E-state index is 11.8. The fourth-order valence-corrected chi connectivity index (χ4v) is 5.75. The molecule has 0 spiro atoms. The van der Waals surface area contributed by atoms with Gasteiger partial charge in [-0.05, 0) is 48.7 Å². The second-order valence-electron chi connectivity index (χ2n) is 7.52. The maximum Gasteiger partial charge on any atom is 0.150 e. The first-order valence-corrected chi connectivity index (χ1v) is 11.8. The number of halogens is 1. The van der Waals surface area contributed by atoms with Crippen LogP contribution in [-0.4, -0.2) is 47.3 Å². The summed E-state index contributed by atoms with van der Waals surface area (Å²) >= 11 is 5.88. The molecule has 0 bridgehead atoms. The van der Waals surface area contributed by atoms with Crippen LogP contribution in [0.5, 0.6) is 5.75 Å². The zero-order valence-electron chi connectivity index (χ0n) is 15.9. The van der Waals surface area contributed by atoms with Crippen molar-refractivity contribution in [2.75, 3.05) is 18.1 Å². The number of sulfone groups is 1. The van der Waals surface area contributed by atoms with Crippen molar-refractivity contribution < 1.29 is 18.3 Å². The summed E-state index contributed by atoms with van der Waals surface area (Å²) in [7, 11) is -2.94. The lowest BCUT2D eigenvalue weighted by molar-refractivity contribution is 0.0926. The van der Waals surface area contributed by atoms with Gasteiger partial charge in [-0.25, -0.2) is 13.4 Å². The zero-order chi connectivity index (χ0) is 20.4. The summed E-state index contributed by atoms with van der Waals surface area (Å²) in [6, 6.07) is 14.7. The molecule has 154 valence electrons. The van der Waals surface area contributed by atoms with E-state index in [4.69, 9.17) is 21.3 Å². The Labute approximate surface area is 175 Å². The molecule has 2 atom stereocenters. The third-order valence-electron chi connectivity index (χ3n) is 5.18. The van der Waals surface area contributed by atoms with Crippen LogP contribution in [0.3, 0.4) is 0 Å². The van der Waals surface area contributed by atoms with Crippen molar-refractivity contribution in [3.05, 3.63) is 59.4 Å². The largest absolute Gasteiger partial charge is 0.491 e. The van der Waals surface area contributed by atoms with Gasteiger partial charge in [0.05, 0.1) is 29.1 Å². The van der Waals surface area contributed by atoms with E-state index in [0.717, 1.165) is 16.9 Å². The van der Waals surface area contributed by atoms with Gasteiger partial charge in [0.15, 0.2) is 9.84 Å². The number of rotatable bonds is 7. The quantitative estimate of drug-likeness (QED) is 0.618. The van der Waals surface area contributed by atoms with Crippen LogP contribution >= 0.6 is 11.6 Å². The molecule has 6 nitrogen and oxygen atoms in total. The average molecular weight is 435 g/mol. The molecule has 0 amide bonds. The Kier molecular flexibility index (Phi) is 5.81. The molecule has 2 aromatic carbocycles. The first kappa shape index (κ1) is 20.2. The molecular weight excluding hydrogens is 412 g/mol. The number of nitrogens with zero attached hydrogens (tertiary/aromatic N) is 2. The molecule has 0 saturated carbocycles. The third-order valence-corrected chi connectivity index (χ3v) is 7.27. The lowest BCUT2D eigenvalue weighted by atomic mass is 10.1. The monoisotopic (exact) mass is 434 g/mol. The van der Waals surface area contributed by atoms with E-state index in [1.807, 2.05) is 28.8 Å². The smallest absolute Gasteiger partial charge is 0.150 e. The second-order valence-corrected chi connectivity index (χ2v) is 10.2. The second kappa shape index (κ2) is 8.34. The molecule has 4 rings (SSSR count). The summed E-state index contributed by atoms with van der Waals surface area (Å²) in [4.78, 5) is 4.71. The van der Waals surface area contributed by atoms with Crippen LogP contribution in [0.4, 0.5) is 0 Å². The molecular formula is C21H23ClN2O4S. The molecule has 1 aromatic heterocycles. The van der Waals surface area contributed by atoms with Crippen molar-refractivity contribution >= 4 is 32.5 Å². The third kappa shape index (κ3) is 4.91. The molecule has 2 unspecified atom stereocenters. The van der Waals surface area contributed by atoms with Gasteiger partial charge in [0.2, 0.25) is 0 Å². The zero-order valence-corrected chi connectivity index (χ0v) is 17.4. The van der Waals surface area contributed by atoms with E-state index in [9.17, 15) is 13.5 Å². The molecule has 3 aromatic rings. The van der Waals surface area contributed by atoms with Crippen molar-refractivity contribution in [3.8, 4) is 5.75 Å². The molecule has 1 saturated heterocycles. The SMILES string of the molecule is O=S1(=O)CCC(Cc2nc3ccccc3n2CC(O)COc2ccc(Cl)cc2)C1. The van der Waals surface area contributed by atoms with Crippen LogP contribution < -0.4 is 4.74 Å². The van der Waals surface area contributed by atoms with E-state index in [1.54, 1.807) is 24.3 Å². The van der Waals surface area contributed by atoms with E-state index in [-0.39, 0.29) is 24.0 Å². The maximum absolute atomic E-state index is 11.8. The summed E-state index contributed by atoms with van der Waals surface area (Å²) in [6.07, 6.45) is 0.501. The number of benzene rings is 2. The predicted octanol–water partition coefficient (Wildman–Crippen LogP) is 3.11. The van der Waals surface area contributed by atoms with E-state index < -0.39 is 15.9 Å². The number of hydrogen-bond acceptors (Lipinski definition) is 5. The lowest BCUT2D eigenvalue weighted by Crippen LogP contribution is -2.25. The number of ether oxygens (including phenoxy) is 1. The number of aliphatic hydroxyl groups excluding tert-OH is 1. The highest BCUT2D eigenvalue weighted by Gasteiger charge is 2.29. The van der Waals surface area contributed by atoms with Crippen LogP contribution in [0.1, 0.15) is 12.2 Å². The summed E-state index contributed by atoms with van der Waals surface area (Å²) in [5.74, 6) is 1.96. The number of imidazole rings is 1. The highest BCUT2D eigenvalue weighted by atomic mass is 35.5. The molecule has 2 heterocycles. The molecule has 0 aliphatic carbocycles. The van der Waals surface area contributed by atoms with Crippen molar-refractivity contribution in [1.29, 1.82) is 0 Å². The summed E-state index contributed by atoms with van der Waals surface area (Å²) in [6.45, 7) is 0.453. The highest BCUT2D eigenvalue weighted by molar-refractivity contribution is 7.91. The van der Waals surface area contributed by atoms with E-state index in [1.165, 1.54) is 0 Å². The Morgan fingerprint density at radius 3 is 2.69 bits per heavy atom. The first-order valence-electron chi connectivity index (χ1n) is 9.60. The molecule has 29 heavy (non-hydrogen) atoms. The van der Waals surface area contributed by atoms with Crippen molar-refractivity contribution in [3.63, 3.8) is 0 Å². The van der Waals surface area contributed by atoms with Gasteiger partial charge in [0, 0.05) is 11.4 Å². The number of fused-ring (bicyclic) bond motifs is 1. The van der Waals surface area contributed by atoms with Crippen LogP contribution in [0.25, 0.3) is 11.0 Å². The van der Waals surface area contributed by atoms with Gasteiger partial charge in [0.25, 0.3) is 0 Å². The minimum absolute atomic E-state index is 0.0676. The summed E-state index contributed by atoms with van der Waals surface area (Å²) < 4.78 is 31.3. The van der Waals surface area contributed by atoms with Gasteiger partial charge >= 0.3 is 0 Å². The molecule has 1 fully saturated rings. The Bertz CT molecular complexity index is 1100. The minimum atomic E-state index is -2.94. The molecule has 0 radical (unpaired) electrons. The predicted molar refractivity (Wildman–Crippen MR) is 113 cm³/mol. The molecule has 1 N–H and O–H groups in total. The van der Waals surface area contributed by atoms with E-state index in [2.05, 4.69) is 0 Å². The highest BCUT2D eigenvalue weighted by Crippen LogP contribution is 2.25. The fourth-order valence-electron chi connectivity index (χ4n) is 3.76. The molecule has 1 aliphatic heterocycles. The van der Waals surface area contributed by atoms with Gasteiger partial charge in [-0.3, -0.25) is 0 Å². The topological polar surface area (TPSA) is 81.4 Å². The average Bonchev–Trinajstić information content (AvgIpc) is 3.21. The van der Waals surface area contributed by atoms with Crippen LogP contribution in [0, 0.1) is 5.92 Å². The Morgan fingerprint density at radius 2 is 1.97 bits per heavy atom. The van der Waals surface area contributed by atoms with E-state index >= 15 is 0 Å². The van der Waals surface area contributed by atoms with Crippen LogP contribution in [0.2, 0.25) is 5.02 Å².